The predicted octanol–water partition coefficient (Wildman–Crippen LogP) is 3.20. The molecule has 164 valence electrons. The minimum atomic E-state index is -3.39. The van der Waals surface area contributed by atoms with Crippen molar-refractivity contribution in [3.63, 3.8) is 0 Å². The smallest absolute Gasteiger partial charge is 0.235 e. The van der Waals surface area contributed by atoms with Gasteiger partial charge in [0.25, 0.3) is 0 Å². The van der Waals surface area contributed by atoms with Crippen LogP contribution < -0.4 is 4.90 Å². The number of piperazine rings is 1. The quantitative estimate of drug-likeness (QED) is 0.434. The second-order valence-electron chi connectivity index (χ2n) is 7.54. The molecule has 32 heavy (non-hydrogen) atoms. The summed E-state index contributed by atoms with van der Waals surface area (Å²) in [4.78, 5) is 13.1. The number of fused-ring (bicyclic) bond motifs is 1. The van der Waals surface area contributed by atoms with E-state index in [4.69, 9.17) is 0 Å². The van der Waals surface area contributed by atoms with Crippen LogP contribution in [0.2, 0.25) is 0 Å². The Morgan fingerprint density at radius 2 is 1.88 bits per heavy atom. The summed E-state index contributed by atoms with van der Waals surface area (Å²) >= 11 is 1.61. The molecule has 0 aliphatic carbocycles. The first-order chi connectivity index (χ1) is 15.5. The lowest BCUT2D eigenvalue weighted by molar-refractivity contribution is 0.389. The molecule has 0 N–H and O–H groups in total. The first-order valence-corrected chi connectivity index (χ1v) is 12.5. The molecule has 0 spiro atoms. The number of thiophene rings is 1. The Morgan fingerprint density at radius 3 is 2.62 bits per heavy atom. The summed E-state index contributed by atoms with van der Waals surface area (Å²) in [6.45, 7) is 6.08. The maximum Gasteiger partial charge on any atom is 0.235 e. The predicted molar refractivity (Wildman–Crippen MR) is 127 cm³/mol. The van der Waals surface area contributed by atoms with Crippen LogP contribution in [-0.4, -0.2) is 58.7 Å². The van der Waals surface area contributed by atoms with Gasteiger partial charge in [0.2, 0.25) is 10.0 Å². The number of hydrogen-bond acceptors (Lipinski definition) is 7. The normalized spacial score (nSPS) is 15.3. The minimum Gasteiger partial charge on any atom is -0.353 e. The Morgan fingerprint density at radius 1 is 1.09 bits per heavy atom. The first kappa shape index (κ1) is 20.8. The fourth-order valence-electron chi connectivity index (χ4n) is 3.84. The van der Waals surface area contributed by atoms with E-state index in [1.54, 1.807) is 17.7 Å². The lowest BCUT2D eigenvalue weighted by atomic mass is 10.2. The summed E-state index contributed by atoms with van der Waals surface area (Å²) in [5.74, 6) is 0.838. The van der Waals surface area contributed by atoms with Crippen LogP contribution in [0.3, 0.4) is 0 Å². The molecule has 0 atom stereocenters. The van der Waals surface area contributed by atoms with Gasteiger partial charge in [-0.3, -0.25) is 4.68 Å². The van der Waals surface area contributed by atoms with E-state index in [-0.39, 0.29) is 0 Å². The van der Waals surface area contributed by atoms with Crippen molar-refractivity contribution < 1.29 is 8.42 Å². The van der Waals surface area contributed by atoms with E-state index in [1.807, 2.05) is 35.3 Å². The molecular formula is C22H22N6O2S2. The SMILES string of the molecule is C=CS(=O)(=O)N1CCN(c2ncnc3sc(-c4cnn(Cc5ccccc5)c4)cc23)CC1. The summed E-state index contributed by atoms with van der Waals surface area (Å²) in [5, 5.41) is 6.50. The lowest BCUT2D eigenvalue weighted by Gasteiger charge is -2.34. The van der Waals surface area contributed by atoms with Crippen molar-refractivity contribution in [1.82, 2.24) is 24.1 Å². The number of rotatable bonds is 6. The topological polar surface area (TPSA) is 84.2 Å². The maximum atomic E-state index is 12.0. The van der Waals surface area contributed by atoms with Crippen LogP contribution in [0.25, 0.3) is 20.7 Å². The zero-order valence-electron chi connectivity index (χ0n) is 17.3. The van der Waals surface area contributed by atoms with Crippen molar-refractivity contribution in [2.45, 2.75) is 6.54 Å². The average Bonchev–Trinajstić information content (AvgIpc) is 3.46. The van der Waals surface area contributed by atoms with Gasteiger partial charge >= 0.3 is 0 Å². The maximum absolute atomic E-state index is 12.0. The summed E-state index contributed by atoms with van der Waals surface area (Å²) in [6.07, 6.45) is 5.49. The van der Waals surface area contributed by atoms with Gasteiger partial charge in [-0.25, -0.2) is 18.4 Å². The summed E-state index contributed by atoms with van der Waals surface area (Å²) < 4.78 is 27.5. The van der Waals surface area contributed by atoms with Gasteiger partial charge < -0.3 is 4.90 Å². The van der Waals surface area contributed by atoms with Crippen LogP contribution in [-0.2, 0) is 16.6 Å². The molecule has 1 aliphatic rings. The molecule has 0 radical (unpaired) electrons. The molecule has 3 aromatic heterocycles. The van der Waals surface area contributed by atoms with Crippen molar-refractivity contribution >= 4 is 37.4 Å². The van der Waals surface area contributed by atoms with Crippen LogP contribution in [0.4, 0.5) is 5.82 Å². The van der Waals surface area contributed by atoms with E-state index in [1.165, 1.54) is 9.87 Å². The van der Waals surface area contributed by atoms with Gasteiger partial charge in [0.15, 0.2) is 0 Å². The van der Waals surface area contributed by atoms with Gasteiger partial charge in [-0.05, 0) is 11.6 Å². The van der Waals surface area contributed by atoms with Crippen LogP contribution in [0.1, 0.15) is 5.56 Å². The fourth-order valence-corrected chi connectivity index (χ4v) is 5.70. The first-order valence-electron chi connectivity index (χ1n) is 10.2. The van der Waals surface area contributed by atoms with E-state index in [0.29, 0.717) is 32.7 Å². The molecule has 10 heteroatoms. The van der Waals surface area contributed by atoms with Gasteiger partial charge in [-0.15, -0.1) is 11.3 Å². The lowest BCUT2D eigenvalue weighted by Crippen LogP contribution is -2.48. The van der Waals surface area contributed by atoms with Crippen molar-refractivity contribution in [2.24, 2.45) is 0 Å². The molecule has 1 aliphatic heterocycles. The van der Waals surface area contributed by atoms with Crippen LogP contribution >= 0.6 is 11.3 Å². The van der Waals surface area contributed by atoms with Gasteiger partial charge in [0.05, 0.1) is 18.1 Å². The second-order valence-corrected chi connectivity index (χ2v) is 10.4. The summed E-state index contributed by atoms with van der Waals surface area (Å²) in [6, 6.07) is 12.3. The highest BCUT2D eigenvalue weighted by atomic mass is 32.2. The highest BCUT2D eigenvalue weighted by molar-refractivity contribution is 7.92. The molecule has 1 aromatic carbocycles. The monoisotopic (exact) mass is 466 g/mol. The zero-order chi connectivity index (χ0) is 22.1. The summed E-state index contributed by atoms with van der Waals surface area (Å²) in [5.41, 5.74) is 2.24. The van der Waals surface area contributed by atoms with E-state index in [9.17, 15) is 8.42 Å². The molecule has 5 rings (SSSR count). The Kier molecular flexibility index (Phi) is 5.50. The third kappa shape index (κ3) is 4.04. The number of aromatic nitrogens is 4. The van der Waals surface area contributed by atoms with E-state index in [0.717, 1.165) is 31.9 Å². The molecule has 0 unspecified atom stereocenters. The second kappa shape index (κ2) is 8.45. The Labute approximate surface area is 190 Å². The molecule has 4 aromatic rings. The third-order valence-corrected chi connectivity index (χ3v) is 8.12. The fraction of sp³-hybridized carbons (Fsp3) is 0.227. The minimum absolute atomic E-state index is 0.406. The number of nitrogens with zero attached hydrogens (tertiary/aromatic N) is 6. The van der Waals surface area contributed by atoms with Crippen molar-refractivity contribution in [2.75, 3.05) is 31.1 Å². The van der Waals surface area contributed by atoms with Crippen LogP contribution in [0, 0.1) is 0 Å². The Hall–Kier alpha value is -3.08. The van der Waals surface area contributed by atoms with Gasteiger partial charge in [0.1, 0.15) is 17.0 Å². The standard InChI is InChI=1S/C22H22N6O2S2/c1-2-32(29,30)28-10-8-26(9-11-28)21-19-12-20(31-22(19)24-16-23-21)18-13-25-27(15-18)14-17-6-4-3-5-7-17/h2-7,12-13,15-16H,1,8-11,14H2. The van der Waals surface area contributed by atoms with Crippen molar-refractivity contribution in [1.29, 1.82) is 0 Å². The molecular weight excluding hydrogens is 444 g/mol. The molecule has 0 bridgehead atoms. The molecule has 0 saturated carbocycles. The van der Waals surface area contributed by atoms with Crippen LogP contribution in [0.15, 0.2) is 67.1 Å². The number of hydrogen-bond donors (Lipinski definition) is 0. The Bertz CT molecular complexity index is 1360. The van der Waals surface area contributed by atoms with Gasteiger partial charge in [-0.1, -0.05) is 36.9 Å². The van der Waals surface area contributed by atoms with E-state index >= 15 is 0 Å². The molecule has 8 nitrogen and oxygen atoms in total. The molecule has 0 amide bonds. The Balaban J connectivity index is 1.38. The summed E-state index contributed by atoms with van der Waals surface area (Å²) in [7, 11) is -3.39. The highest BCUT2D eigenvalue weighted by Crippen LogP contribution is 2.36. The zero-order valence-corrected chi connectivity index (χ0v) is 19.0. The van der Waals surface area contributed by atoms with E-state index < -0.39 is 10.0 Å². The third-order valence-electron chi connectivity index (χ3n) is 5.52. The number of anilines is 1. The van der Waals surface area contributed by atoms with Crippen molar-refractivity contribution in [3.8, 4) is 10.4 Å². The average molecular weight is 467 g/mol. The number of benzene rings is 1. The van der Waals surface area contributed by atoms with Crippen molar-refractivity contribution in [3.05, 3.63) is 72.7 Å². The van der Waals surface area contributed by atoms with E-state index in [2.05, 4.69) is 44.7 Å². The molecule has 1 saturated heterocycles. The van der Waals surface area contributed by atoms with Gasteiger partial charge in [0, 0.05) is 48.2 Å². The van der Waals surface area contributed by atoms with Crippen LogP contribution in [0.5, 0.6) is 0 Å². The molecule has 1 fully saturated rings. The van der Waals surface area contributed by atoms with Gasteiger partial charge in [-0.2, -0.15) is 9.40 Å². The molecule has 4 heterocycles. The number of sulfonamides is 1. The largest absolute Gasteiger partial charge is 0.353 e. The highest BCUT2D eigenvalue weighted by Gasteiger charge is 2.26.